The van der Waals surface area contributed by atoms with Crippen LogP contribution in [0.3, 0.4) is 0 Å². The molecule has 8 N–H and O–H groups in total. The third-order valence-electron chi connectivity index (χ3n) is 2.67. The van der Waals surface area contributed by atoms with E-state index in [0.717, 1.165) is 12.8 Å². The van der Waals surface area contributed by atoms with Gasteiger partial charge in [0, 0.05) is 6.54 Å². The van der Waals surface area contributed by atoms with Crippen molar-refractivity contribution in [2.75, 3.05) is 6.54 Å². The largest absolute Gasteiger partial charge is 0.480 e. The molecule has 7 heteroatoms. The molecule has 0 rings (SSSR count). The van der Waals surface area contributed by atoms with Gasteiger partial charge in [-0.15, -0.1) is 0 Å². The number of carboxylic acid groups (broad SMARTS) is 1. The van der Waals surface area contributed by atoms with Crippen LogP contribution in [0.1, 0.15) is 39.0 Å². The van der Waals surface area contributed by atoms with Gasteiger partial charge in [-0.1, -0.05) is 13.3 Å². The number of hydrogen-bond acceptors (Lipinski definition) is 4. The third kappa shape index (κ3) is 5.50. The maximum atomic E-state index is 11.2. The Morgan fingerprint density at radius 2 is 2.00 bits per heavy atom. The molecule has 0 aliphatic rings. The average molecular weight is 245 g/mol. The number of carboxylic acids is 1. The molecular formula is C10H23N5O2. The van der Waals surface area contributed by atoms with E-state index in [2.05, 4.69) is 10.4 Å². The van der Waals surface area contributed by atoms with Crippen molar-refractivity contribution in [3.63, 3.8) is 0 Å². The molecule has 17 heavy (non-hydrogen) atoms. The van der Waals surface area contributed by atoms with Crippen LogP contribution in [0.25, 0.3) is 0 Å². The van der Waals surface area contributed by atoms with Crippen molar-refractivity contribution in [2.45, 2.75) is 44.6 Å². The first-order valence-electron chi connectivity index (χ1n) is 5.75. The highest BCUT2D eigenvalue weighted by atomic mass is 16.4. The third-order valence-corrected chi connectivity index (χ3v) is 2.67. The van der Waals surface area contributed by atoms with E-state index in [1.165, 1.54) is 0 Å². The quantitative estimate of drug-likeness (QED) is 0.122. The maximum Gasteiger partial charge on any atom is 0.325 e. The van der Waals surface area contributed by atoms with Crippen LogP contribution in [0.2, 0.25) is 0 Å². The Bertz CT molecular complexity index is 265. The summed E-state index contributed by atoms with van der Waals surface area (Å²) < 4.78 is 0. The number of nitrogens with one attached hydrogen (secondary N) is 1. The molecule has 0 heterocycles. The molecule has 0 saturated heterocycles. The number of rotatable bonds is 9. The number of nitrogens with zero attached hydrogens (tertiary/aromatic N) is 1. The minimum atomic E-state index is -1.03. The van der Waals surface area contributed by atoms with E-state index in [1.807, 2.05) is 6.92 Å². The van der Waals surface area contributed by atoms with Gasteiger partial charge in [0.25, 0.3) is 0 Å². The number of guanidine groups is 1. The van der Waals surface area contributed by atoms with Gasteiger partial charge in [0.2, 0.25) is 0 Å². The molecule has 0 unspecified atom stereocenters. The van der Waals surface area contributed by atoms with E-state index in [9.17, 15) is 9.90 Å². The molecule has 100 valence electrons. The van der Waals surface area contributed by atoms with Gasteiger partial charge >= 0.3 is 5.97 Å². The van der Waals surface area contributed by atoms with Crippen LogP contribution in [-0.4, -0.2) is 29.1 Å². The number of nitrogens with two attached hydrogens (primary N) is 3. The number of hydrazine groups is 1. The number of hydrogen-bond donors (Lipinski definition) is 5. The second kappa shape index (κ2) is 7.86. The fourth-order valence-electron chi connectivity index (χ4n) is 1.72. The predicted octanol–water partition coefficient (Wildman–Crippen LogP) is -0.483. The summed E-state index contributed by atoms with van der Waals surface area (Å²) in [6.07, 6.45) is 3.16. The summed E-state index contributed by atoms with van der Waals surface area (Å²) in [6.45, 7) is 2.43. The fourth-order valence-corrected chi connectivity index (χ4v) is 1.72. The molecule has 0 bridgehead atoms. The van der Waals surface area contributed by atoms with Crippen LogP contribution >= 0.6 is 0 Å². The molecule has 0 saturated carbocycles. The van der Waals surface area contributed by atoms with E-state index in [1.54, 1.807) is 0 Å². The average Bonchev–Trinajstić information content (AvgIpc) is 2.26. The lowest BCUT2D eigenvalue weighted by atomic mass is 9.88. The highest BCUT2D eigenvalue weighted by Gasteiger charge is 2.35. The molecule has 0 aromatic carbocycles. The highest BCUT2D eigenvalue weighted by molar-refractivity contribution is 5.78. The minimum absolute atomic E-state index is 0.0556. The van der Waals surface area contributed by atoms with Gasteiger partial charge in [-0.3, -0.25) is 15.6 Å². The Labute approximate surface area is 101 Å². The van der Waals surface area contributed by atoms with E-state index >= 15 is 0 Å². The molecule has 7 nitrogen and oxygen atoms in total. The summed E-state index contributed by atoms with van der Waals surface area (Å²) in [4.78, 5) is 15.0. The Hall–Kier alpha value is -1.34. The van der Waals surface area contributed by atoms with Crippen molar-refractivity contribution in [3.8, 4) is 0 Å². The first-order valence-corrected chi connectivity index (χ1v) is 5.75. The second-order valence-corrected chi connectivity index (χ2v) is 4.05. The lowest BCUT2D eigenvalue weighted by Crippen LogP contribution is -2.55. The van der Waals surface area contributed by atoms with Crippen LogP contribution in [0.15, 0.2) is 4.99 Å². The van der Waals surface area contributed by atoms with E-state index in [-0.39, 0.29) is 5.96 Å². The van der Waals surface area contributed by atoms with Gasteiger partial charge in [-0.25, -0.2) is 5.43 Å². The summed E-state index contributed by atoms with van der Waals surface area (Å²) in [6, 6.07) is 0. The summed E-state index contributed by atoms with van der Waals surface area (Å²) >= 11 is 0. The normalized spacial score (nSPS) is 14.0. The number of carbonyl (C=O) groups is 1. The molecule has 0 aromatic heterocycles. The summed E-state index contributed by atoms with van der Waals surface area (Å²) in [7, 11) is 0. The molecule has 0 amide bonds. The van der Waals surface area contributed by atoms with E-state index in [4.69, 9.17) is 17.3 Å². The van der Waals surface area contributed by atoms with Crippen LogP contribution in [0, 0.1) is 0 Å². The Morgan fingerprint density at radius 1 is 1.35 bits per heavy atom. The summed E-state index contributed by atoms with van der Waals surface area (Å²) in [5, 5.41) is 9.19. The van der Waals surface area contributed by atoms with Crippen molar-refractivity contribution in [2.24, 2.45) is 22.3 Å². The summed E-state index contributed by atoms with van der Waals surface area (Å²) in [5.41, 5.74) is 11.8. The number of aliphatic carboxylic acids is 1. The first-order chi connectivity index (χ1) is 7.98. The van der Waals surface area contributed by atoms with Crippen molar-refractivity contribution in [3.05, 3.63) is 0 Å². The number of aliphatic imine (C=N–C) groups is 1. The minimum Gasteiger partial charge on any atom is -0.480 e. The van der Waals surface area contributed by atoms with Gasteiger partial charge < -0.3 is 16.6 Å². The number of unbranched alkanes of at least 4 members (excludes halogenated alkanes) is 1. The molecule has 0 spiro atoms. The Balaban J connectivity index is 4.17. The molecule has 0 radical (unpaired) electrons. The predicted molar refractivity (Wildman–Crippen MR) is 67.1 cm³/mol. The van der Waals surface area contributed by atoms with Gasteiger partial charge in [0.05, 0.1) is 0 Å². The molecular weight excluding hydrogens is 222 g/mol. The van der Waals surface area contributed by atoms with Crippen molar-refractivity contribution < 1.29 is 9.90 Å². The van der Waals surface area contributed by atoms with Crippen LogP contribution < -0.4 is 22.7 Å². The van der Waals surface area contributed by atoms with E-state index < -0.39 is 11.5 Å². The van der Waals surface area contributed by atoms with Crippen LogP contribution in [-0.2, 0) is 4.79 Å². The van der Waals surface area contributed by atoms with Gasteiger partial charge in [0.15, 0.2) is 5.96 Å². The van der Waals surface area contributed by atoms with Crippen LogP contribution in [0.5, 0.6) is 0 Å². The molecule has 0 aliphatic carbocycles. The maximum absolute atomic E-state index is 11.2. The van der Waals surface area contributed by atoms with Gasteiger partial charge in [-0.05, 0) is 25.7 Å². The molecule has 0 aliphatic heterocycles. The zero-order chi connectivity index (χ0) is 13.3. The Morgan fingerprint density at radius 3 is 2.41 bits per heavy atom. The molecule has 0 fully saturated rings. The molecule has 1 atom stereocenters. The zero-order valence-corrected chi connectivity index (χ0v) is 10.3. The van der Waals surface area contributed by atoms with E-state index in [0.29, 0.717) is 25.8 Å². The Kier molecular flexibility index (Phi) is 7.24. The highest BCUT2D eigenvalue weighted by Crippen LogP contribution is 2.20. The fraction of sp³-hybridized carbons (Fsp3) is 0.800. The van der Waals surface area contributed by atoms with Gasteiger partial charge in [0.1, 0.15) is 5.54 Å². The monoisotopic (exact) mass is 245 g/mol. The SMILES string of the molecule is CCC[C@@](CCCCN=C(N)N)(NN)C(=O)O. The standard InChI is InChI=1S/C10H23N5O2/c1-2-5-10(15-13,8(16)17)6-3-4-7-14-9(11)12/h15H,2-7,13H2,1H3,(H,16,17)(H4,11,12,14)/t10-/m0/s1. The topological polar surface area (TPSA) is 140 Å². The van der Waals surface area contributed by atoms with Crippen molar-refractivity contribution in [1.82, 2.24) is 5.43 Å². The zero-order valence-electron chi connectivity index (χ0n) is 10.3. The first kappa shape index (κ1) is 15.7. The lowest BCUT2D eigenvalue weighted by Gasteiger charge is -2.28. The van der Waals surface area contributed by atoms with Crippen molar-refractivity contribution >= 4 is 11.9 Å². The smallest absolute Gasteiger partial charge is 0.325 e. The van der Waals surface area contributed by atoms with Crippen molar-refractivity contribution in [1.29, 1.82) is 0 Å². The lowest BCUT2D eigenvalue weighted by molar-refractivity contribution is -0.145. The summed E-state index contributed by atoms with van der Waals surface area (Å²) in [5.74, 6) is 4.50. The van der Waals surface area contributed by atoms with Crippen LogP contribution in [0.4, 0.5) is 0 Å². The molecule has 0 aromatic rings. The second-order valence-electron chi connectivity index (χ2n) is 4.05. The van der Waals surface area contributed by atoms with Gasteiger partial charge in [-0.2, -0.15) is 0 Å².